The number of hydrogen-bond acceptors (Lipinski definition) is 6. The van der Waals surface area contributed by atoms with Gasteiger partial charge in [0.1, 0.15) is 17.1 Å². The Bertz CT molecular complexity index is 1330. The average Bonchev–Trinajstić information content (AvgIpc) is 2.91. The molecule has 1 aromatic heterocycles. The van der Waals surface area contributed by atoms with Crippen LogP contribution < -0.4 is 0 Å². The lowest BCUT2D eigenvalue weighted by atomic mass is 10.00. The van der Waals surface area contributed by atoms with Gasteiger partial charge in [0.2, 0.25) is 0 Å². The van der Waals surface area contributed by atoms with Crippen molar-refractivity contribution < 1.29 is 23.5 Å². The molecule has 2 aromatic carbocycles. The largest absolute Gasteiger partial charge is 0.465 e. The number of rotatable bonds is 5. The summed E-state index contributed by atoms with van der Waals surface area (Å²) in [7, 11) is 1.25. The van der Waals surface area contributed by atoms with Crippen molar-refractivity contribution in [3.63, 3.8) is 0 Å². The first kappa shape index (κ1) is 25.9. The van der Waals surface area contributed by atoms with E-state index in [0.717, 1.165) is 0 Å². The number of carbonyl (C=O) groups is 3. The molecule has 9 heteroatoms. The molecule has 3 aromatic rings. The maximum Gasteiger partial charge on any atom is 0.342 e. The van der Waals surface area contributed by atoms with E-state index in [1.165, 1.54) is 25.3 Å². The Kier molecular flexibility index (Phi) is 7.61. The van der Waals surface area contributed by atoms with Gasteiger partial charge in [-0.05, 0) is 31.0 Å². The summed E-state index contributed by atoms with van der Waals surface area (Å²) >= 11 is 0. The number of methoxy groups -OCH3 is 1. The van der Waals surface area contributed by atoms with Crippen LogP contribution in [-0.4, -0.2) is 70.3 Å². The van der Waals surface area contributed by atoms with E-state index >= 15 is 0 Å². The molecular weight excluding hydrogens is 475 g/mol. The van der Waals surface area contributed by atoms with Gasteiger partial charge in [-0.25, -0.2) is 19.2 Å². The van der Waals surface area contributed by atoms with E-state index in [2.05, 4.69) is 9.97 Å². The lowest BCUT2D eigenvalue weighted by Gasteiger charge is -2.40. The van der Waals surface area contributed by atoms with E-state index in [9.17, 15) is 18.8 Å². The first-order valence-corrected chi connectivity index (χ1v) is 12.1. The molecule has 8 nitrogen and oxygen atoms in total. The van der Waals surface area contributed by atoms with Gasteiger partial charge in [-0.3, -0.25) is 9.59 Å². The van der Waals surface area contributed by atoms with Crippen LogP contribution in [0.3, 0.4) is 0 Å². The zero-order chi connectivity index (χ0) is 26.7. The summed E-state index contributed by atoms with van der Waals surface area (Å²) in [5, 5.41) is 0. The van der Waals surface area contributed by atoms with Crippen LogP contribution in [0.25, 0.3) is 11.4 Å². The number of esters is 1. The van der Waals surface area contributed by atoms with Crippen molar-refractivity contribution >= 4 is 17.8 Å². The summed E-state index contributed by atoms with van der Waals surface area (Å²) < 4.78 is 18.7. The Morgan fingerprint density at radius 2 is 1.73 bits per heavy atom. The molecule has 1 aliphatic rings. The normalized spacial score (nSPS) is 15.6. The third-order valence-electron chi connectivity index (χ3n) is 6.36. The van der Waals surface area contributed by atoms with Gasteiger partial charge in [0.15, 0.2) is 5.82 Å². The fraction of sp³-hybridized carbons (Fsp3) is 0.321. The molecular formula is C28H29FN4O4. The van der Waals surface area contributed by atoms with Crippen LogP contribution in [-0.2, 0) is 4.74 Å². The van der Waals surface area contributed by atoms with Crippen LogP contribution in [0.4, 0.5) is 4.39 Å². The molecule has 1 fully saturated rings. The minimum atomic E-state index is -0.681. The smallest absolute Gasteiger partial charge is 0.342 e. The van der Waals surface area contributed by atoms with E-state index in [0.29, 0.717) is 17.1 Å². The summed E-state index contributed by atoms with van der Waals surface area (Å²) in [6.07, 6.45) is 0. The SMILES string of the molecule is COC(=O)c1c(C(=O)N2CCN(C(=O)c3cccc(F)c3)C(C)C2)nc(-c2ccccc2)nc1C(C)C. The van der Waals surface area contributed by atoms with Crippen LogP contribution in [0.15, 0.2) is 54.6 Å². The van der Waals surface area contributed by atoms with Crippen LogP contribution in [0.1, 0.15) is 63.6 Å². The summed E-state index contributed by atoms with van der Waals surface area (Å²) in [6, 6.07) is 14.4. The first-order valence-electron chi connectivity index (χ1n) is 12.1. The molecule has 0 aliphatic carbocycles. The Morgan fingerprint density at radius 1 is 1.00 bits per heavy atom. The molecule has 0 bridgehead atoms. The van der Waals surface area contributed by atoms with Crippen LogP contribution in [0, 0.1) is 5.82 Å². The van der Waals surface area contributed by atoms with Crippen molar-refractivity contribution in [2.45, 2.75) is 32.7 Å². The third kappa shape index (κ3) is 5.35. The molecule has 2 heterocycles. The topological polar surface area (TPSA) is 92.7 Å². The van der Waals surface area contributed by atoms with Crippen molar-refractivity contribution in [2.75, 3.05) is 26.7 Å². The second kappa shape index (κ2) is 10.9. The predicted octanol–water partition coefficient (Wildman–Crippen LogP) is 4.18. The second-order valence-electron chi connectivity index (χ2n) is 9.28. The number of aromatic nitrogens is 2. The lowest BCUT2D eigenvalue weighted by Crippen LogP contribution is -2.55. The van der Waals surface area contributed by atoms with Crippen LogP contribution >= 0.6 is 0 Å². The number of ether oxygens (including phenoxy) is 1. The second-order valence-corrected chi connectivity index (χ2v) is 9.28. The lowest BCUT2D eigenvalue weighted by molar-refractivity contribution is 0.0408. The fourth-order valence-corrected chi connectivity index (χ4v) is 4.45. The number of hydrogen-bond donors (Lipinski definition) is 0. The summed E-state index contributed by atoms with van der Waals surface area (Å²) in [6.45, 7) is 6.30. The molecule has 0 N–H and O–H groups in total. The van der Waals surface area contributed by atoms with E-state index in [4.69, 9.17) is 4.74 Å². The minimum absolute atomic E-state index is 0.0264. The Morgan fingerprint density at radius 3 is 2.35 bits per heavy atom. The molecule has 0 spiro atoms. The van der Waals surface area contributed by atoms with Gasteiger partial charge in [0.25, 0.3) is 11.8 Å². The number of benzene rings is 2. The third-order valence-corrected chi connectivity index (χ3v) is 6.36. The quantitative estimate of drug-likeness (QED) is 0.484. The monoisotopic (exact) mass is 504 g/mol. The Labute approximate surface area is 215 Å². The average molecular weight is 505 g/mol. The number of halogens is 1. The van der Waals surface area contributed by atoms with Gasteiger partial charge in [-0.2, -0.15) is 0 Å². The van der Waals surface area contributed by atoms with Crippen molar-refractivity contribution in [1.29, 1.82) is 0 Å². The standard InChI is InChI=1S/C28H29FN4O4/c1-17(2)23-22(28(36)37-4)24(31-25(30-23)19-9-6-5-7-10-19)27(35)32-13-14-33(18(3)16-32)26(34)20-11-8-12-21(29)15-20/h5-12,15,17-18H,13-14,16H2,1-4H3. The highest BCUT2D eigenvalue weighted by Crippen LogP contribution is 2.27. The van der Waals surface area contributed by atoms with Crippen molar-refractivity contribution in [3.05, 3.63) is 82.9 Å². The summed E-state index contributed by atoms with van der Waals surface area (Å²) in [4.78, 5) is 52.0. The molecule has 1 unspecified atom stereocenters. The van der Waals surface area contributed by atoms with Crippen LogP contribution in [0.5, 0.6) is 0 Å². The van der Waals surface area contributed by atoms with Gasteiger partial charge in [0.05, 0.1) is 12.8 Å². The highest BCUT2D eigenvalue weighted by Gasteiger charge is 2.35. The molecule has 0 radical (unpaired) electrons. The highest BCUT2D eigenvalue weighted by atomic mass is 19.1. The first-order chi connectivity index (χ1) is 17.7. The van der Waals surface area contributed by atoms with Crippen LogP contribution in [0.2, 0.25) is 0 Å². The maximum atomic E-state index is 13.8. The van der Waals surface area contributed by atoms with Crippen molar-refractivity contribution in [3.8, 4) is 11.4 Å². The zero-order valence-corrected chi connectivity index (χ0v) is 21.3. The van der Waals surface area contributed by atoms with Crippen molar-refractivity contribution in [1.82, 2.24) is 19.8 Å². The maximum absolute atomic E-state index is 13.8. The Hall–Kier alpha value is -4.14. The van der Waals surface area contributed by atoms with Crippen molar-refractivity contribution in [2.24, 2.45) is 0 Å². The summed E-state index contributed by atoms with van der Waals surface area (Å²) in [5.74, 6) is -1.74. The minimum Gasteiger partial charge on any atom is -0.465 e. The summed E-state index contributed by atoms with van der Waals surface area (Å²) in [5.41, 5.74) is 1.42. The van der Waals surface area contributed by atoms with E-state index in [-0.39, 0.29) is 54.3 Å². The molecule has 0 saturated carbocycles. The number of carbonyl (C=O) groups excluding carboxylic acids is 3. The van der Waals surface area contributed by atoms with Gasteiger partial charge >= 0.3 is 5.97 Å². The number of amides is 2. The number of nitrogens with zero attached hydrogens (tertiary/aromatic N) is 4. The molecule has 37 heavy (non-hydrogen) atoms. The van der Waals surface area contributed by atoms with Gasteiger partial charge in [0, 0.05) is 36.8 Å². The molecule has 192 valence electrons. The molecule has 4 rings (SSSR count). The zero-order valence-electron chi connectivity index (χ0n) is 21.3. The van der Waals surface area contributed by atoms with E-state index in [1.54, 1.807) is 15.9 Å². The van der Waals surface area contributed by atoms with E-state index in [1.807, 2.05) is 51.1 Å². The number of piperazine rings is 1. The van der Waals surface area contributed by atoms with E-state index < -0.39 is 17.7 Å². The highest BCUT2D eigenvalue weighted by molar-refractivity contribution is 6.05. The van der Waals surface area contributed by atoms with Gasteiger partial charge < -0.3 is 14.5 Å². The molecule has 2 amide bonds. The fourth-order valence-electron chi connectivity index (χ4n) is 4.45. The molecule has 1 aliphatic heterocycles. The predicted molar refractivity (Wildman–Crippen MR) is 136 cm³/mol. The Balaban J connectivity index is 1.68. The molecule has 1 atom stereocenters. The van der Waals surface area contributed by atoms with Gasteiger partial charge in [-0.15, -0.1) is 0 Å². The van der Waals surface area contributed by atoms with Gasteiger partial charge in [-0.1, -0.05) is 50.2 Å². The molecule has 1 saturated heterocycles.